The first-order valence-corrected chi connectivity index (χ1v) is 16.3. The van der Waals surface area contributed by atoms with E-state index in [-0.39, 0.29) is 40.9 Å². The third-order valence-electron chi connectivity index (χ3n) is 6.30. The summed E-state index contributed by atoms with van der Waals surface area (Å²) in [5.41, 5.74) is 4.53. The van der Waals surface area contributed by atoms with Crippen molar-refractivity contribution in [2.45, 2.75) is 48.7 Å². The normalized spacial score (nSPS) is 17.6. The molecule has 1 aliphatic heterocycles. The summed E-state index contributed by atoms with van der Waals surface area (Å²) in [6.07, 6.45) is 3.45. The van der Waals surface area contributed by atoms with Gasteiger partial charge in [0.1, 0.15) is 0 Å². The van der Waals surface area contributed by atoms with Gasteiger partial charge in [-0.1, -0.05) is 0 Å². The number of rotatable bonds is 12. The molecule has 37 heavy (non-hydrogen) atoms. The molecule has 2 aromatic carbocycles. The Morgan fingerprint density at radius 3 is 2.70 bits per heavy atom. The zero-order chi connectivity index (χ0) is 26.5. The molecule has 0 bridgehead atoms. The molecule has 0 spiro atoms. The van der Waals surface area contributed by atoms with Crippen LogP contribution in [0.1, 0.15) is 53.3 Å². The molecule has 2 N–H and O–H groups in total. The number of methoxy groups -OCH3 is 1. The summed E-state index contributed by atoms with van der Waals surface area (Å²) in [4.78, 5) is 24.7. The topological polar surface area (TPSA) is 85.9 Å². The van der Waals surface area contributed by atoms with Gasteiger partial charge < -0.3 is 4.74 Å². The fourth-order valence-electron chi connectivity index (χ4n) is 4.53. The average molecular weight is 592 g/mol. The fourth-order valence-corrected chi connectivity index (χ4v) is 6.15. The first-order chi connectivity index (χ1) is 18.0. The molecule has 3 atom stereocenters. The van der Waals surface area contributed by atoms with E-state index >= 15 is 0 Å². The molecule has 1 radical (unpaired) electrons. The minimum atomic E-state index is -0.513. The van der Waals surface area contributed by atoms with Crippen molar-refractivity contribution in [1.82, 2.24) is 10.6 Å². The predicted molar refractivity (Wildman–Crippen MR) is 147 cm³/mol. The van der Waals surface area contributed by atoms with Crippen LogP contribution in [0.25, 0.3) is 0 Å². The van der Waals surface area contributed by atoms with E-state index in [1.807, 2.05) is 42.5 Å². The molecule has 2 aromatic rings. The van der Waals surface area contributed by atoms with Crippen LogP contribution in [-0.2, 0) is 14.2 Å². The van der Waals surface area contributed by atoms with Crippen LogP contribution in [0.2, 0.25) is 15.9 Å². The summed E-state index contributed by atoms with van der Waals surface area (Å²) < 4.78 is 16.5. The maximum absolute atomic E-state index is 13.3. The Balaban J connectivity index is 1.73. The summed E-state index contributed by atoms with van der Waals surface area (Å²) in [5, 5.41) is 7.54. The van der Waals surface area contributed by atoms with Gasteiger partial charge in [-0.25, -0.2) is 4.79 Å². The van der Waals surface area contributed by atoms with Gasteiger partial charge in [-0.2, -0.15) is 0 Å². The quantitative estimate of drug-likeness (QED) is 0.259. The van der Waals surface area contributed by atoms with Crippen molar-refractivity contribution in [2.24, 2.45) is 5.92 Å². The van der Waals surface area contributed by atoms with Gasteiger partial charge in [-0.15, -0.1) is 0 Å². The second kappa shape index (κ2) is 16.0. The molecule has 1 aliphatic rings. The molecule has 9 heteroatoms. The van der Waals surface area contributed by atoms with Crippen LogP contribution in [0.5, 0.6) is 0 Å². The number of alkyl carbamates (subject to hydrolysis) is 1. The van der Waals surface area contributed by atoms with E-state index in [2.05, 4.69) is 21.1 Å². The summed E-state index contributed by atoms with van der Waals surface area (Å²) >= 11 is 6.44. The maximum atomic E-state index is 13.3. The Labute approximate surface area is 231 Å². The number of benzene rings is 2. The Bertz CT molecular complexity index is 1000. The van der Waals surface area contributed by atoms with Crippen molar-refractivity contribution in [2.75, 3.05) is 33.5 Å². The number of hydrogen-bond acceptors (Lipinski definition) is 5. The Morgan fingerprint density at radius 2 is 1.95 bits per heavy atom. The standard InChI is InChI=1S/C28H37AsClN2O5/c1-29-18-25(15-20-7-3-4-13-36-19-20)32-27(33)23-10-5-8-21(16-23)26(22-9-6-11-24(30)17-22)37-14-12-31-28(34)35-2/h5-6,8-11,16-17,20,25-26H,3-4,7,12-15,18-19H2,1-2H3,(H,31,34)(H,32,33)/t20-,25+,26-/m1/s1. The molecule has 1 saturated heterocycles. The van der Waals surface area contributed by atoms with Crippen molar-refractivity contribution < 1.29 is 23.8 Å². The predicted octanol–water partition coefficient (Wildman–Crippen LogP) is 5.28. The van der Waals surface area contributed by atoms with E-state index in [0.717, 1.165) is 48.8 Å². The van der Waals surface area contributed by atoms with Gasteiger partial charge in [0.05, 0.1) is 7.11 Å². The fraction of sp³-hybridized carbons (Fsp3) is 0.500. The van der Waals surface area contributed by atoms with Crippen molar-refractivity contribution in [3.05, 3.63) is 70.2 Å². The molecule has 7 nitrogen and oxygen atoms in total. The van der Waals surface area contributed by atoms with Gasteiger partial charge in [-0.3, -0.25) is 0 Å². The molecule has 201 valence electrons. The van der Waals surface area contributed by atoms with E-state index in [1.165, 1.54) is 13.5 Å². The molecule has 0 aromatic heterocycles. The number of ether oxygens (including phenoxy) is 3. The first-order valence-electron chi connectivity index (χ1n) is 12.7. The number of nitrogens with one attached hydrogen (secondary N) is 2. The van der Waals surface area contributed by atoms with Crippen molar-refractivity contribution in [3.8, 4) is 0 Å². The molecule has 0 unspecified atom stereocenters. The van der Waals surface area contributed by atoms with E-state index < -0.39 is 12.2 Å². The number of halogens is 1. The number of carbonyl (C=O) groups excluding carboxylic acids is 2. The van der Waals surface area contributed by atoms with Crippen LogP contribution in [0.4, 0.5) is 4.79 Å². The molecule has 3 rings (SSSR count). The average Bonchev–Trinajstić information content (AvgIpc) is 3.17. The third kappa shape index (κ3) is 9.97. The van der Waals surface area contributed by atoms with Gasteiger partial charge in [0.25, 0.3) is 0 Å². The molecule has 1 heterocycles. The molecule has 2 amide bonds. The van der Waals surface area contributed by atoms with Crippen LogP contribution in [0.3, 0.4) is 0 Å². The van der Waals surface area contributed by atoms with E-state index in [9.17, 15) is 9.59 Å². The zero-order valence-electron chi connectivity index (χ0n) is 21.6. The second-order valence-electron chi connectivity index (χ2n) is 9.19. The SMILES string of the molecule is COC(=O)NCCO[C@@H](c1cccc(Cl)c1)c1cccc(C(=O)N[C@H](C[As]C)C[C@H]2CCCCOC2)c1. The Kier molecular flexibility index (Phi) is 12.8. The molecular weight excluding hydrogens is 555 g/mol. The summed E-state index contributed by atoms with van der Waals surface area (Å²) in [7, 11) is 1.32. The van der Waals surface area contributed by atoms with Crippen molar-refractivity contribution in [3.63, 3.8) is 0 Å². The van der Waals surface area contributed by atoms with Crippen LogP contribution in [0, 0.1) is 5.92 Å². The summed E-state index contributed by atoms with van der Waals surface area (Å²) in [5.74, 6) is 0.416. The zero-order valence-corrected chi connectivity index (χ0v) is 24.2. The monoisotopic (exact) mass is 591 g/mol. The van der Waals surface area contributed by atoms with E-state index in [1.54, 1.807) is 6.07 Å². The van der Waals surface area contributed by atoms with Crippen molar-refractivity contribution in [1.29, 1.82) is 0 Å². The number of hydrogen-bond donors (Lipinski definition) is 2. The molecule has 1 fully saturated rings. The number of carbonyl (C=O) groups is 2. The third-order valence-corrected chi connectivity index (χ3v) is 8.23. The van der Waals surface area contributed by atoms with Crippen LogP contribution in [0.15, 0.2) is 48.5 Å². The number of amides is 2. The molecule has 0 saturated carbocycles. The van der Waals surface area contributed by atoms with Gasteiger partial charge in [0.2, 0.25) is 0 Å². The second-order valence-corrected chi connectivity index (χ2v) is 11.7. The van der Waals surface area contributed by atoms with Crippen LogP contribution >= 0.6 is 11.6 Å². The Hall–Kier alpha value is -2.05. The van der Waals surface area contributed by atoms with Crippen LogP contribution < -0.4 is 10.6 Å². The Morgan fingerprint density at radius 1 is 1.16 bits per heavy atom. The van der Waals surface area contributed by atoms with Gasteiger partial charge in [-0.05, 0) is 0 Å². The van der Waals surface area contributed by atoms with Crippen molar-refractivity contribution >= 4 is 39.4 Å². The van der Waals surface area contributed by atoms with Gasteiger partial charge in [0.15, 0.2) is 0 Å². The van der Waals surface area contributed by atoms with Crippen LogP contribution in [-0.4, -0.2) is 67.3 Å². The summed E-state index contributed by atoms with van der Waals surface area (Å²) in [6, 6.07) is 15.1. The summed E-state index contributed by atoms with van der Waals surface area (Å²) in [6.45, 7) is 2.17. The first kappa shape index (κ1) is 29.5. The van der Waals surface area contributed by atoms with Gasteiger partial charge >= 0.3 is 216 Å². The van der Waals surface area contributed by atoms with E-state index in [4.69, 9.17) is 21.1 Å². The van der Waals surface area contributed by atoms with Gasteiger partial charge in [0, 0.05) is 0 Å². The molecule has 0 aliphatic carbocycles. The molecular formula is C28H37AsClN2O5. The van der Waals surface area contributed by atoms with E-state index in [0.29, 0.717) is 16.5 Å². The minimum absolute atomic E-state index is 0.0757.